The maximum absolute atomic E-state index is 3.56. The van der Waals surface area contributed by atoms with E-state index in [1.54, 1.807) is 12.2 Å². The third kappa shape index (κ3) is 8.44. The van der Waals surface area contributed by atoms with Crippen LogP contribution in [0, 0.1) is 0 Å². The summed E-state index contributed by atoms with van der Waals surface area (Å²) in [4.78, 5) is 0. The summed E-state index contributed by atoms with van der Waals surface area (Å²) in [7, 11) is 0. The van der Waals surface area contributed by atoms with Crippen LogP contribution in [0.3, 0.4) is 0 Å². The lowest BCUT2D eigenvalue weighted by atomic mass is 10.4. The summed E-state index contributed by atoms with van der Waals surface area (Å²) in [5.74, 6) is 0. The molecule has 0 nitrogen and oxygen atoms in total. The minimum Gasteiger partial charge on any atom is -0.0991 e. The molecule has 0 unspecified atom stereocenters. The van der Waals surface area contributed by atoms with Crippen LogP contribution in [0.1, 0.15) is 0 Å². The van der Waals surface area contributed by atoms with Crippen LogP contribution in [0.4, 0.5) is 0 Å². The lowest BCUT2D eigenvalue weighted by Crippen LogP contribution is -1.50. The Morgan fingerprint density at radius 1 is 0.417 bits per heavy atom. The fraction of sp³-hybridized carbons (Fsp3) is 0. The van der Waals surface area contributed by atoms with Gasteiger partial charge in [-0.05, 0) is 0 Å². The second kappa shape index (κ2) is 9.44. The molecule has 0 bridgehead atoms. The Kier molecular flexibility index (Phi) is 8.21. The minimum absolute atomic E-state index is 1.74. The number of hydrogen-bond acceptors (Lipinski definition) is 0. The summed E-state index contributed by atoms with van der Waals surface area (Å²) < 4.78 is 0. The molecular formula is C12H14. The van der Waals surface area contributed by atoms with Crippen molar-refractivity contribution in [2.45, 2.75) is 0 Å². The second-order valence-corrected chi connectivity index (χ2v) is 2.01. The van der Waals surface area contributed by atoms with Gasteiger partial charge >= 0.3 is 0 Å². The van der Waals surface area contributed by atoms with Crippen LogP contribution in [-0.4, -0.2) is 0 Å². The molecule has 0 heterocycles. The average molecular weight is 158 g/mol. The van der Waals surface area contributed by atoms with Gasteiger partial charge in [0.05, 0.1) is 0 Å². The minimum atomic E-state index is 1.74. The highest BCUT2D eigenvalue weighted by atomic mass is 13.7. The van der Waals surface area contributed by atoms with E-state index in [0.29, 0.717) is 0 Å². The van der Waals surface area contributed by atoms with Crippen LogP contribution in [0.25, 0.3) is 0 Å². The highest BCUT2D eigenvalue weighted by Gasteiger charge is 1.60. The van der Waals surface area contributed by atoms with Crippen molar-refractivity contribution in [1.82, 2.24) is 0 Å². The first-order valence-corrected chi connectivity index (χ1v) is 3.82. The van der Waals surface area contributed by atoms with Crippen molar-refractivity contribution < 1.29 is 0 Å². The van der Waals surface area contributed by atoms with Crippen molar-refractivity contribution in [1.29, 1.82) is 0 Å². The summed E-state index contributed by atoms with van der Waals surface area (Å²) in [6.45, 7) is 7.12. The van der Waals surface area contributed by atoms with Gasteiger partial charge in [0.1, 0.15) is 0 Å². The van der Waals surface area contributed by atoms with Gasteiger partial charge in [0.2, 0.25) is 0 Å². The van der Waals surface area contributed by atoms with Crippen LogP contribution >= 0.6 is 0 Å². The van der Waals surface area contributed by atoms with Crippen LogP contribution in [0.5, 0.6) is 0 Å². The van der Waals surface area contributed by atoms with Gasteiger partial charge in [-0.15, -0.1) is 0 Å². The number of rotatable bonds is 5. The van der Waals surface area contributed by atoms with Crippen molar-refractivity contribution in [3.8, 4) is 0 Å². The van der Waals surface area contributed by atoms with E-state index in [1.807, 2.05) is 48.6 Å². The van der Waals surface area contributed by atoms with Crippen LogP contribution in [-0.2, 0) is 0 Å². The Hall–Kier alpha value is -1.56. The number of hydrogen-bond donors (Lipinski definition) is 0. The molecule has 0 saturated heterocycles. The zero-order valence-electron chi connectivity index (χ0n) is 7.19. The van der Waals surface area contributed by atoms with Gasteiger partial charge in [-0.3, -0.25) is 0 Å². The van der Waals surface area contributed by atoms with E-state index in [4.69, 9.17) is 0 Å². The maximum atomic E-state index is 3.56. The van der Waals surface area contributed by atoms with Crippen molar-refractivity contribution in [2.24, 2.45) is 0 Å². The molecule has 0 fully saturated rings. The molecule has 0 aromatic carbocycles. The molecule has 0 heteroatoms. The summed E-state index contributed by atoms with van der Waals surface area (Å²) >= 11 is 0. The molecule has 0 saturated carbocycles. The molecule has 0 aliphatic rings. The third-order valence-electron chi connectivity index (χ3n) is 1.05. The summed E-state index contributed by atoms with van der Waals surface area (Å²) in [6, 6.07) is 0. The molecule has 0 aliphatic carbocycles. The van der Waals surface area contributed by atoms with Gasteiger partial charge in [-0.1, -0.05) is 73.9 Å². The normalized spacial score (nSPS) is 12.3. The molecule has 0 amide bonds. The fourth-order valence-electron chi connectivity index (χ4n) is 0.542. The van der Waals surface area contributed by atoms with Gasteiger partial charge in [0.15, 0.2) is 0 Å². The fourth-order valence-corrected chi connectivity index (χ4v) is 0.542. The Labute approximate surface area is 74.6 Å². The summed E-state index contributed by atoms with van der Waals surface area (Å²) in [5, 5.41) is 0. The zero-order valence-corrected chi connectivity index (χ0v) is 7.19. The van der Waals surface area contributed by atoms with Crippen molar-refractivity contribution in [3.05, 3.63) is 73.9 Å². The van der Waals surface area contributed by atoms with E-state index in [1.165, 1.54) is 0 Å². The van der Waals surface area contributed by atoms with Gasteiger partial charge in [0.25, 0.3) is 0 Å². The van der Waals surface area contributed by atoms with Gasteiger partial charge in [0, 0.05) is 0 Å². The quantitative estimate of drug-likeness (QED) is 0.536. The molecule has 0 rings (SSSR count). The highest BCUT2D eigenvalue weighted by molar-refractivity contribution is 5.18. The first-order chi connectivity index (χ1) is 5.91. The van der Waals surface area contributed by atoms with E-state index < -0.39 is 0 Å². The van der Waals surface area contributed by atoms with Crippen LogP contribution < -0.4 is 0 Å². The molecule has 0 spiro atoms. The Morgan fingerprint density at radius 3 is 0.917 bits per heavy atom. The van der Waals surface area contributed by atoms with E-state index >= 15 is 0 Å². The first kappa shape index (κ1) is 10.4. The van der Waals surface area contributed by atoms with E-state index in [2.05, 4.69) is 13.2 Å². The SMILES string of the molecule is C=CC=CC=CC=CC=CC=C. The Morgan fingerprint density at radius 2 is 0.667 bits per heavy atom. The molecule has 62 valence electrons. The largest absolute Gasteiger partial charge is 0.0991 e. The zero-order chi connectivity index (χ0) is 9.07. The molecule has 0 aromatic rings. The lowest BCUT2D eigenvalue weighted by Gasteiger charge is -1.72. The molecule has 12 heavy (non-hydrogen) atoms. The highest BCUT2D eigenvalue weighted by Crippen LogP contribution is 1.82. The molecule has 0 radical (unpaired) electrons. The lowest BCUT2D eigenvalue weighted by molar-refractivity contribution is 1.86. The first-order valence-electron chi connectivity index (χ1n) is 3.82. The maximum Gasteiger partial charge on any atom is -0.0623 e. The standard InChI is InChI=1S/C12H14/c1-3-5-7-9-11-12-10-8-6-4-2/h3-12H,1-2H2. The average Bonchev–Trinajstić information content (AvgIpc) is 2.10. The van der Waals surface area contributed by atoms with E-state index in [-0.39, 0.29) is 0 Å². The van der Waals surface area contributed by atoms with Gasteiger partial charge < -0.3 is 0 Å². The van der Waals surface area contributed by atoms with Crippen molar-refractivity contribution >= 4 is 0 Å². The summed E-state index contributed by atoms with van der Waals surface area (Å²) in [6.07, 6.45) is 18.9. The predicted molar refractivity (Wildman–Crippen MR) is 57.0 cm³/mol. The molecule has 0 aromatic heterocycles. The topological polar surface area (TPSA) is 0 Å². The predicted octanol–water partition coefficient (Wildman–Crippen LogP) is 3.58. The van der Waals surface area contributed by atoms with E-state index in [9.17, 15) is 0 Å². The molecular weight excluding hydrogens is 144 g/mol. The number of allylic oxidation sites excluding steroid dienone is 10. The van der Waals surface area contributed by atoms with Crippen LogP contribution in [0.2, 0.25) is 0 Å². The molecule has 0 atom stereocenters. The van der Waals surface area contributed by atoms with E-state index in [0.717, 1.165) is 0 Å². The third-order valence-corrected chi connectivity index (χ3v) is 1.05. The summed E-state index contributed by atoms with van der Waals surface area (Å²) in [5.41, 5.74) is 0. The van der Waals surface area contributed by atoms with Crippen molar-refractivity contribution in [2.75, 3.05) is 0 Å². The molecule has 0 aliphatic heterocycles. The Bertz CT molecular complexity index is 198. The van der Waals surface area contributed by atoms with Gasteiger partial charge in [-0.25, -0.2) is 0 Å². The van der Waals surface area contributed by atoms with Crippen LogP contribution in [0.15, 0.2) is 73.9 Å². The monoisotopic (exact) mass is 158 g/mol. The Balaban J connectivity index is 3.65. The van der Waals surface area contributed by atoms with Gasteiger partial charge in [-0.2, -0.15) is 0 Å². The second-order valence-electron chi connectivity index (χ2n) is 2.01. The molecule has 0 N–H and O–H groups in total. The van der Waals surface area contributed by atoms with Crippen molar-refractivity contribution in [3.63, 3.8) is 0 Å². The smallest absolute Gasteiger partial charge is 0.0623 e.